The van der Waals surface area contributed by atoms with Crippen LogP contribution >= 0.6 is 0 Å². The molecule has 2 aliphatic heterocycles. The zero-order valence-corrected chi connectivity index (χ0v) is 23.1. The maximum atomic E-state index is 14.1. The third-order valence-electron chi connectivity index (χ3n) is 7.19. The lowest BCUT2D eigenvalue weighted by Crippen LogP contribution is -2.51. The molecule has 40 heavy (non-hydrogen) atoms. The lowest BCUT2D eigenvalue weighted by atomic mass is 9.80. The van der Waals surface area contributed by atoms with Gasteiger partial charge in [-0.2, -0.15) is 0 Å². The molecule has 0 saturated carbocycles. The fraction of sp³-hybridized carbons (Fsp3) is 0.379. The van der Waals surface area contributed by atoms with Crippen molar-refractivity contribution in [3.05, 3.63) is 92.3 Å². The van der Waals surface area contributed by atoms with Gasteiger partial charge in [0.2, 0.25) is 0 Å². The Morgan fingerprint density at radius 1 is 1.02 bits per heavy atom. The Morgan fingerprint density at radius 2 is 1.70 bits per heavy atom. The number of nitro groups is 1. The molecule has 2 aromatic carbocycles. The summed E-state index contributed by atoms with van der Waals surface area (Å²) >= 11 is 0. The second-order valence-corrected chi connectivity index (χ2v) is 9.64. The highest BCUT2D eigenvalue weighted by molar-refractivity contribution is 6.00. The summed E-state index contributed by atoms with van der Waals surface area (Å²) in [5.41, 5.74) is 2.49. The molecule has 0 aliphatic carbocycles. The van der Waals surface area contributed by atoms with E-state index in [1.54, 1.807) is 27.0 Å². The first-order valence-corrected chi connectivity index (χ1v) is 13.0. The van der Waals surface area contributed by atoms with Crippen LogP contribution in [0.2, 0.25) is 0 Å². The van der Waals surface area contributed by atoms with Crippen molar-refractivity contribution < 1.29 is 28.7 Å². The average molecular weight is 551 g/mol. The number of esters is 2. The molecule has 2 unspecified atom stereocenters. The molecule has 2 aliphatic rings. The van der Waals surface area contributed by atoms with Crippen molar-refractivity contribution in [3.63, 3.8) is 0 Å². The number of nitro benzene ring substituents is 1. The molecule has 0 amide bonds. The number of hydrogen-bond acceptors (Lipinski definition) is 10. The molecule has 11 nitrogen and oxygen atoms in total. The number of dihydropyridines is 1. The van der Waals surface area contributed by atoms with Gasteiger partial charge in [-0.15, -0.1) is 0 Å². The molecule has 0 bridgehead atoms. The minimum Gasteiger partial charge on any atom is -0.496 e. The number of non-ortho nitro benzene ring substituents is 1. The van der Waals surface area contributed by atoms with Gasteiger partial charge < -0.3 is 24.8 Å². The van der Waals surface area contributed by atoms with Crippen LogP contribution in [0.1, 0.15) is 30.9 Å². The molecular formula is C29H34N4O7. The van der Waals surface area contributed by atoms with Crippen LogP contribution in [0.4, 0.5) is 5.69 Å². The molecule has 0 aromatic heterocycles. The van der Waals surface area contributed by atoms with E-state index in [4.69, 9.17) is 14.2 Å². The van der Waals surface area contributed by atoms with Gasteiger partial charge in [0.1, 0.15) is 5.75 Å². The van der Waals surface area contributed by atoms with E-state index in [1.807, 2.05) is 24.3 Å². The smallest absolute Gasteiger partial charge is 0.338 e. The number of nitrogens with zero attached hydrogens (tertiary/aromatic N) is 2. The Hall–Kier alpha value is -4.22. The second-order valence-electron chi connectivity index (χ2n) is 9.64. The summed E-state index contributed by atoms with van der Waals surface area (Å²) in [6.45, 7) is 6.25. The van der Waals surface area contributed by atoms with Gasteiger partial charge in [0.25, 0.3) is 5.69 Å². The molecule has 2 atom stereocenters. The number of benzene rings is 2. The monoisotopic (exact) mass is 550 g/mol. The number of methoxy groups -OCH3 is 2. The Bertz CT molecular complexity index is 1350. The van der Waals surface area contributed by atoms with Crippen LogP contribution in [0.3, 0.4) is 0 Å². The van der Waals surface area contributed by atoms with Crippen LogP contribution in [-0.2, 0) is 25.5 Å². The summed E-state index contributed by atoms with van der Waals surface area (Å²) in [5, 5.41) is 18.0. The normalized spacial score (nSPS) is 18.6. The standard InChI is InChI=1S/C29H34N4O7/c1-18-25(28(34)39-4)27(21-9-7-10-22(16-21)33(36)37)26(19(2)31-18)29(35)40-24(32-14-12-30-13-15-32)17-20-8-5-6-11-23(20)38-3/h5-11,16,24,27,30-31H,12-15,17H2,1-4H3. The Balaban J connectivity index is 1.75. The number of hydrogen-bond donors (Lipinski definition) is 2. The molecule has 11 heteroatoms. The summed E-state index contributed by atoms with van der Waals surface area (Å²) in [7, 11) is 2.85. The van der Waals surface area contributed by atoms with Gasteiger partial charge >= 0.3 is 11.9 Å². The molecule has 2 heterocycles. The third kappa shape index (κ3) is 6.16. The molecule has 4 rings (SSSR count). The topological polar surface area (TPSA) is 132 Å². The predicted molar refractivity (Wildman–Crippen MR) is 147 cm³/mol. The van der Waals surface area contributed by atoms with Crippen LogP contribution in [0.5, 0.6) is 5.75 Å². The van der Waals surface area contributed by atoms with Gasteiger partial charge in [-0.1, -0.05) is 30.3 Å². The number of nitrogens with one attached hydrogen (secondary N) is 2. The Morgan fingerprint density at radius 3 is 2.35 bits per heavy atom. The third-order valence-corrected chi connectivity index (χ3v) is 7.19. The number of piperazine rings is 1. The van der Waals surface area contributed by atoms with Crippen molar-refractivity contribution in [2.45, 2.75) is 32.4 Å². The van der Waals surface area contributed by atoms with Crippen molar-refractivity contribution in [3.8, 4) is 5.75 Å². The van der Waals surface area contributed by atoms with E-state index in [0.717, 1.165) is 18.7 Å². The Labute approximate surface area is 232 Å². The predicted octanol–water partition coefficient (Wildman–Crippen LogP) is 3.03. The van der Waals surface area contributed by atoms with Crippen molar-refractivity contribution in [2.24, 2.45) is 0 Å². The van der Waals surface area contributed by atoms with Gasteiger partial charge in [0, 0.05) is 56.1 Å². The average Bonchev–Trinajstić information content (AvgIpc) is 2.96. The fourth-order valence-corrected chi connectivity index (χ4v) is 5.26. The van der Waals surface area contributed by atoms with Crippen LogP contribution in [0, 0.1) is 10.1 Å². The SMILES string of the molecule is COC(=O)C1=C(C)NC(C)=C(C(=O)OC(Cc2ccccc2OC)N2CCNCC2)C1c1cccc([N+](=O)[O-])c1. The number of ether oxygens (including phenoxy) is 3. The maximum Gasteiger partial charge on any atom is 0.338 e. The lowest BCUT2D eigenvalue weighted by Gasteiger charge is -2.36. The van der Waals surface area contributed by atoms with E-state index < -0.39 is 29.0 Å². The van der Waals surface area contributed by atoms with Gasteiger partial charge in [-0.05, 0) is 31.0 Å². The van der Waals surface area contributed by atoms with E-state index in [9.17, 15) is 19.7 Å². The molecule has 0 spiro atoms. The van der Waals surface area contributed by atoms with Gasteiger partial charge in [-0.3, -0.25) is 15.0 Å². The van der Waals surface area contributed by atoms with E-state index in [-0.39, 0.29) is 16.8 Å². The number of allylic oxidation sites excluding steroid dienone is 2. The second kappa shape index (κ2) is 12.8. The molecule has 2 aromatic rings. The van der Waals surface area contributed by atoms with Gasteiger partial charge in [0.05, 0.1) is 36.2 Å². The van der Waals surface area contributed by atoms with Crippen molar-refractivity contribution >= 4 is 17.6 Å². The summed E-state index contributed by atoms with van der Waals surface area (Å²) in [6, 6.07) is 13.5. The summed E-state index contributed by atoms with van der Waals surface area (Å²) in [4.78, 5) is 40.2. The highest BCUT2D eigenvalue weighted by atomic mass is 16.6. The fourth-order valence-electron chi connectivity index (χ4n) is 5.26. The van der Waals surface area contributed by atoms with Crippen LogP contribution in [-0.4, -0.2) is 68.4 Å². The summed E-state index contributed by atoms with van der Waals surface area (Å²) in [5.74, 6) is -1.52. The maximum absolute atomic E-state index is 14.1. The van der Waals surface area contributed by atoms with Gasteiger partial charge in [0.15, 0.2) is 6.23 Å². The zero-order valence-electron chi connectivity index (χ0n) is 23.1. The molecular weight excluding hydrogens is 516 g/mol. The lowest BCUT2D eigenvalue weighted by molar-refractivity contribution is -0.384. The molecule has 2 N–H and O–H groups in total. The zero-order chi connectivity index (χ0) is 28.8. The first kappa shape index (κ1) is 28.8. The van der Waals surface area contributed by atoms with Crippen LogP contribution in [0.25, 0.3) is 0 Å². The van der Waals surface area contributed by atoms with Crippen molar-refractivity contribution in [1.82, 2.24) is 15.5 Å². The molecule has 0 radical (unpaired) electrons. The van der Waals surface area contributed by atoms with E-state index in [2.05, 4.69) is 15.5 Å². The number of para-hydroxylation sites is 1. The van der Waals surface area contributed by atoms with Crippen LogP contribution < -0.4 is 15.4 Å². The van der Waals surface area contributed by atoms with Gasteiger partial charge in [-0.25, -0.2) is 9.59 Å². The van der Waals surface area contributed by atoms with E-state index in [0.29, 0.717) is 42.2 Å². The highest BCUT2D eigenvalue weighted by Gasteiger charge is 2.39. The Kier molecular flexibility index (Phi) is 9.18. The van der Waals surface area contributed by atoms with E-state index >= 15 is 0 Å². The largest absolute Gasteiger partial charge is 0.496 e. The van der Waals surface area contributed by atoms with Crippen molar-refractivity contribution in [2.75, 3.05) is 40.4 Å². The van der Waals surface area contributed by atoms with Crippen molar-refractivity contribution in [1.29, 1.82) is 0 Å². The number of carbonyl (C=O) groups excluding carboxylic acids is 2. The summed E-state index contributed by atoms with van der Waals surface area (Å²) < 4.78 is 16.8. The van der Waals surface area contributed by atoms with E-state index in [1.165, 1.54) is 25.3 Å². The number of carbonyl (C=O) groups is 2. The number of rotatable bonds is 9. The molecule has 1 fully saturated rings. The minimum atomic E-state index is -0.934. The first-order chi connectivity index (χ1) is 19.2. The summed E-state index contributed by atoms with van der Waals surface area (Å²) in [6.07, 6.45) is -0.235. The molecule has 1 saturated heterocycles. The first-order valence-electron chi connectivity index (χ1n) is 13.0. The highest BCUT2D eigenvalue weighted by Crippen LogP contribution is 2.40. The minimum absolute atomic E-state index is 0.155. The van der Waals surface area contributed by atoms with Crippen LogP contribution in [0.15, 0.2) is 71.1 Å². The quantitative estimate of drug-likeness (QED) is 0.273. The molecule has 212 valence electrons.